The summed E-state index contributed by atoms with van der Waals surface area (Å²) >= 11 is 0. The van der Waals surface area contributed by atoms with Gasteiger partial charge in [-0.2, -0.15) is 0 Å². The summed E-state index contributed by atoms with van der Waals surface area (Å²) in [4.78, 5) is 37.4. The summed E-state index contributed by atoms with van der Waals surface area (Å²) < 4.78 is 4.80. The highest BCUT2D eigenvalue weighted by atomic mass is 16.5. The van der Waals surface area contributed by atoms with E-state index in [1.165, 1.54) is 26.4 Å². The molecule has 0 aromatic heterocycles. The molecule has 0 unspecified atom stereocenters. The second-order valence-electron chi connectivity index (χ2n) is 10.6. The molecule has 3 N–H and O–H groups in total. The number of nitrogens with one attached hydrogen (secondary N) is 3. The predicted molar refractivity (Wildman–Crippen MR) is 134 cm³/mol. The lowest BCUT2D eigenvalue weighted by molar-refractivity contribution is -0.146. The average molecular weight is 476 g/mol. The molecule has 4 bridgehead atoms. The van der Waals surface area contributed by atoms with Gasteiger partial charge in [-0.15, -0.1) is 0 Å². The van der Waals surface area contributed by atoms with Crippen molar-refractivity contribution in [3.8, 4) is 0 Å². The Morgan fingerprint density at radius 1 is 0.829 bits per heavy atom. The highest BCUT2D eigenvalue weighted by molar-refractivity contribution is 6.04. The molecule has 0 atom stereocenters. The van der Waals surface area contributed by atoms with Crippen LogP contribution in [0, 0.1) is 23.2 Å². The number of ether oxygens (including phenoxy) is 1. The molecule has 7 nitrogen and oxygen atoms in total. The van der Waals surface area contributed by atoms with E-state index in [0.717, 1.165) is 42.6 Å². The van der Waals surface area contributed by atoms with Crippen LogP contribution < -0.4 is 16.0 Å². The van der Waals surface area contributed by atoms with Crippen molar-refractivity contribution in [3.63, 3.8) is 0 Å². The van der Waals surface area contributed by atoms with Gasteiger partial charge >= 0.3 is 0 Å². The Labute approximate surface area is 206 Å². The van der Waals surface area contributed by atoms with Gasteiger partial charge in [-0.3, -0.25) is 14.4 Å². The smallest absolute Gasteiger partial charge is 0.255 e. The monoisotopic (exact) mass is 475 g/mol. The van der Waals surface area contributed by atoms with E-state index in [2.05, 4.69) is 16.0 Å². The lowest BCUT2D eigenvalue weighted by Gasteiger charge is -2.55. The van der Waals surface area contributed by atoms with E-state index in [-0.39, 0.29) is 29.7 Å². The molecule has 2 aromatic rings. The van der Waals surface area contributed by atoms with Crippen LogP contribution >= 0.6 is 0 Å². The topological polar surface area (TPSA) is 96.5 Å². The average Bonchev–Trinajstić information content (AvgIpc) is 2.83. The van der Waals surface area contributed by atoms with Gasteiger partial charge in [0, 0.05) is 36.0 Å². The summed E-state index contributed by atoms with van der Waals surface area (Å²) in [6.07, 6.45) is 7.15. The maximum absolute atomic E-state index is 13.2. The molecule has 35 heavy (non-hydrogen) atoms. The summed E-state index contributed by atoms with van der Waals surface area (Å²) in [6, 6.07) is 14.2. The van der Waals surface area contributed by atoms with Gasteiger partial charge in [0.1, 0.15) is 6.61 Å². The second-order valence-corrected chi connectivity index (χ2v) is 10.6. The van der Waals surface area contributed by atoms with E-state index in [9.17, 15) is 14.4 Å². The number of carbonyl (C=O) groups is 3. The normalized spacial score (nSPS) is 26.3. The maximum Gasteiger partial charge on any atom is 0.255 e. The van der Waals surface area contributed by atoms with Crippen LogP contribution in [-0.2, 0) is 20.9 Å². The fraction of sp³-hybridized carbons (Fsp3) is 0.464. The Hall–Kier alpha value is -3.19. The fourth-order valence-corrected chi connectivity index (χ4v) is 6.70. The van der Waals surface area contributed by atoms with Crippen molar-refractivity contribution in [2.45, 2.75) is 45.1 Å². The Bertz CT molecular complexity index is 1060. The second kappa shape index (κ2) is 9.82. The van der Waals surface area contributed by atoms with Crippen LogP contribution in [0.1, 0.15) is 54.4 Å². The number of carbonyl (C=O) groups excluding carboxylic acids is 3. The first-order valence-electron chi connectivity index (χ1n) is 12.5. The van der Waals surface area contributed by atoms with Gasteiger partial charge in [0.25, 0.3) is 5.91 Å². The number of anilines is 2. The molecule has 4 aliphatic rings. The zero-order valence-electron chi connectivity index (χ0n) is 20.1. The quantitative estimate of drug-likeness (QED) is 0.529. The van der Waals surface area contributed by atoms with Crippen molar-refractivity contribution in [3.05, 3.63) is 59.7 Å². The van der Waals surface area contributed by atoms with Crippen LogP contribution in [0.25, 0.3) is 0 Å². The first-order chi connectivity index (χ1) is 16.9. The minimum absolute atomic E-state index is 0.0135. The largest absolute Gasteiger partial charge is 0.375 e. The summed E-state index contributed by atoms with van der Waals surface area (Å²) in [5.41, 5.74) is 2.64. The molecule has 4 aliphatic carbocycles. The van der Waals surface area contributed by atoms with Crippen molar-refractivity contribution in [2.24, 2.45) is 23.2 Å². The molecule has 2 aromatic carbocycles. The van der Waals surface area contributed by atoms with Crippen LogP contribution in [0.5, 0.6) is 0 Å². The molecule has 7 heteroatoms. The fourth-order valence-electron chi connectivity index (χ4n) is 6.70. The highest BCUT2D eigenvalue weighted by Gasteiger charge is 2.54. The zero-order valence-corrected chi connectivity index (χ0v) is 20.1. The van der Waals surface area contributed by atoms with Gasteiger partial charge in [0.2, 0.25) is 11.8 Å². The van der Waals surface area contributed by atoms with Crippen molar-refractivity contribution in [1.82, 2.24) is 5.32 Å². The molecule has 4 fully saturated rings. The molecular formula is C28H33N3O4. The SMILES string of the molecule is COCC(=O)Nc1ccc(NC(=O)c2ccc(CNC(=O)C34CC5CC(CC(C5)C3)C4)cc2)cc1. The van der Waals surface area contributed by atoms with Gasteiger partial charge in [0.05, 0.1) is 0 Å². The molecule has 184 valence electrons. The number of hydrogen-bond donors (Lipinski definition) is 3. The first-order valence-corrected chi connectivity index (χ1v) is 12.5. The van der Waals surface area contributed by atoms with Gasteiger partial charge < -0.3 is 20.7 Å². The van der Waals surface area contributed by atoms with Crippen LogP contribution in [-0.4, -0.2) is 31.4 Å². The third-order valence-electron chi connectivity index (χ3n) is 7.89. The molecule has 0 saturated heterocycles. The van der Waals surface area contributed by atoms with E-state index in [1.807, 2.05) is 12.1 Å². The summed E-state index contributed by atoms with van der Waals surface area (Å²) in [7, 11) is 1.46. The summed E-state index contributed by atoms with van der Waals surface area (Å²) in [6.45, 7) is 0.471. The summed E-state index contributed by atoms with van der Waals surface area (Å²) in [5.74, 6) is 2.00. The maximum atomic E-state index is 13.2. The Morgan fingerprint density at radius 2 is 1.37 bits per heavy atom. The Morgan fingerprint density at radius 3 is 1.91 bits per heavy atom. The van der Waals surface area contributed by atoms with Gasteiger partial charge in [-0.1, -0.05) is 12.1 Å². The molecule has 0 radical (unpaired) electrons. The van der Waals surface area contributed by atoms with Crippen molar-refractivity contribution >= 4 is 29.1 Å². The van der Waals surface area contributed by atoms with Gasteiger partial charge in [-0.25, -0.2) is 0 Å². The van der Waals surface area contributed by atoms with E-state index in [0.29, 0.717) is 23.5 Å². The molecule has 0 heterocycles. The number of rotatable bonds is 8. The zero-order chi connectivity index (χ0) is 24.4. The molecule has 0 spiro atoms. The van der Waals surface area contributed by atoms with Gasteiger partial charge in [0.15, 0.2) is 0 Å². The molecular weight excluding hydrogens is 442 g/mol. The first kappa shape index (κ1) is 23.5. The molecule has 0 aliphatic heterocycles. The van der Waals surface area contributed by atoms with Crippen LogP contribution in [0.15, 0.2) is 48.5 Å². The number of hydrogen-bond acceptors (Lipinski definition) is 4. The predicted octanol–water partition coefficient (Wildman–Crippen LogP) is 4.36. The molecule has 4 saturated carbocycles. The minimum atomic E-state index is -0.238. The van der Waals surface area contributed by atoms with Crippen LogP contribution in [0.2, 0.25) is 0 Å². The van der Waals surface area contributed by atoms with E-state index in [4.69, 9.17) is 4.74 Å². The van der Waals surface area contributed by atoms with Crippen molar-refractivity contribution in [1.29, 1.82) is 0 Å². The van der Waals surface area contributed by atoms with Crippen molar-refractivity contribution in [2.75, 3.05) is 24.4 Å². The molecule has 6 rings (SSSR count). The van der Waals surface area contributed by atoms with Crippen LogP contribution in [0.3, 0.4) is 0 Å². The number of methoxy groups -OCH3 is 1. The Balaban J connectivity index is 1.12. The van der Waals surface area contributed by atoms with Crippen molar-refractivity contribution < 1.29 is 19.1 Å². The standard InChI is InChI=1S/C28H33N3O4/c1-35-17-25(32)30-23-6-8-24(9-7-23)31-26(33)22-4-2-18(3-5-22)16-29-27(34)28-13-19-10-20(14-28)12-21(11-19)15-28/h2-9,19-21H,10-17H2,1H3,(H,29,34)(H,30,32)(H,31,33). The van der Waals surface area contributed by atoms with Gasteiger partial charge in [-0.05, 0) is 98.2 Å². The van der Waals surface area contributed by atoms with E-state index in [1.54, 1.807) is 36.4 Å². The highest BCUT2D eigenvalue weighted by Crippen LogP contribution is 2.60. The lowest BCUT2D eigenvalue weighted by Crippen LogP contribution is -2.53. The number of amides is 3. The third kappa shape index (κ3) is 5.25. The lowest BCUT2D eigenvalue weighted by atomic mass is 9.49. The minimum Gasteiger partial charge on any atom is -0.375 e. The summed E-state index contributed by atoms with van der Waals surface area (Å²) in [5, 5.41) is 8.77. The Kier molecular flexibility index (Phi) is 6.60. The molecule has 3 amide bonds. The third-order valence-corrected chi connectivity index (χ3v) is 7.89. The van der Waals surface area contributed by atoms with Crippen LogP contribution in [0.4, 0.5) is 11.4 Å². The number of benzene rings is 2. The van der Waals surface area contributed by atoms with E-state index >= 15 is 0 Å². The van der Waals surface area contributed by atoms with E-state index < -0.39 is 0 Å².